The summed E-state index contributed by atoms with van der Waals surface area (Å²) in [5.41, 5.74) is 1.96. The SMILES string of the molecule is CCOC(=O)Cn1c(=NC(=O)C2CCCN(S(=O)(=O)c3ccccc3)C2)sc2cc(C(C)C)ccc21. The molecular weight excluding hydrogens is 498 g/mol. The number of carbonyl (C=O) groups excluding carboxylic acids is 2. The largest absolute Gasteiger partial charge is 0.465 e. The van der Waals surface area contributed by atoms with E-state index in [2.05, 4.69) is 24.9 Å². The maximum absolute atomic E-state index is 13.3. The minimum atomic E-state index is -3.69. The molecule has 0 spiro atoms. The van der Waals surface area contributed by atoms with E-state index < -0.39 is 21.9 Å². The van der Waals surface area contributed by atoms with E-state index in [4.69, 9.17) is 4.74 Å². The van der Waals surface area contributed by atoms with Crippen LogP contribution in [0.5, 0.6) is 0 Å². The Balaban J connectivity index is 1.66. The smallest absolute Gasteiger partial charge is 0.326 e. The van der Waals surface area contributed by atoms with Gasteiger partial charge in [0.15, 0.2) is 4.80 Å². The lowest BCUT2D eigenvalue weighted by molar-refractivity contribution is -0.143. The van der Waals surface area contributed by atoms with Crippen molar-refractivity contribution in [1.82, 2.24) is 8.87 Å². The minimum Gasteiger partial charge on any atom is -0.465 e. The maximum atomic E-state index is 13.3. The van der Waals surface area contributed by atoms with Gasteiger partial charge >= 0.3 is 5.97 Å². The van der Waals surface area contributed by atoms with Gasteiger partial charge in [0.05, 0.1) is 27.6 Å². The van der Waals surface area contributed by atoms with Crippen LogP contribution in [0.2, 0.25) is 0 Å². The number of aromatic nitrogens is 1. The Hall–Kier alpha value is -2.82. The number of piperidine rings is 1. The zero-order valence-corrected chi connectivity index (χ0v) is 22.3. The summed E-state index contributed by atoms with van der Waals surface area (Å²) in [7, 11) is -3.69. The number of carbonyl (C=O) groups is 2. The van der Waals surface area contributed by atoms with Gasteiger partial charge in [-0.05, 0) is 55.5 Å². The maximum Gasteiger partial charge on any atom is 0.326 e. The van der Waals surface area contributed by atoms with Crippen LogP contribution in [0.4, 0.5) is 0 Å². The molecule has 1 saturated heterocycles. The molecule has 1 unspecified atom stereocenters. The third-order valence-electron chi connectivity index (χ3n) is 6.29. The van der Waals surface area contributed by atoms with E-state index in [9.17, 15) is 18.0 Å². The number of ether oxygens (including phenoxy) is 1. The second-order valence-electron chi connectivity index (χ2n) is 9.12. The Bertz CT molecular complexity index is 1420. The van der Waals surface area contributed by atoms with Crippen LogP contribution in [-0.4, -0.2) is 48.9 Å². The van der Waals surface area contributed by atoms with Gasteiger partial charge in [0.25, 0.3) is 5.91 Å². The quantitative estimate of drug-likeness (QED) is 0.432. The van der Waals surface area contributed by atoms with Crippen LogP contribution in [0.3, 0.4) is 0 Å². The van der Waals surface area contributed by atoms with Gasteiger partial charge in [-0.1, -0.05) is 49.4 Å². The molecule has 1 aliphatic heterocycles. The second kappa shape index (κ2) is 11.1. The highest BCUT2D eigenvalue weighted by molar-refractivity contribution is 7.89. The summed E-state index contributed by atoms with van der Waals surface area (Å²) in [6, 6.07) is 14.3. The number of sulfonamides is 1. The number of thiazole rings is 1. The predicted molar refractivity (Wildman–Crippen MR) is 139 cm³/mol. The van der Waals surface area contributed by atoms with Crippen molar-refractivity contribution in [3.63, 3.8) is 0 Å². The van der Waals surface area contributed by atoms with Crippen LogP contribution in [-0.2, 0) is 30.9 Å². The molecule has 1 amide bonds. The molecule has 0 bridgehead atoms. The van der Waals surface area contributed by atoms with Crippen LogP contribution in [0.15, 0.2) is 58.4 Å². The second-order valence-corrected chi connectivity index (χ2v) is 12.1. The molecule has 2 heterocycles. The molecule has 2 aromatic carbocycles. The molecule has 0 radical (unpaired) electrons. The standard InChI is InChI=1S/C26H31N3O5S2/c1-4-34-24(30)17-29-22-13-12-19(18(2)3)15-23(22)35-26(29)27-25(31)20-9-8-14-28(16-20)36(32,33)21-10-6-5-7-11-21/h5-7,10-13,15,18,20H,4,8-9,14,16-17H2,1-3H3. The lowest BCUT2D eigenvalue weighted by Crippen LogP contribution is -2.42. The van der Waals surface area contributed by atoms with Gasteiger partial charge in [-0.25, -0.2) is 8.42 Å². The fraction of sp³-hybridized carbons (Fsp3) is 0.423. The number of amides is 1. The van der Waals surface area contributed by atoms with E-state index in [0.717, 1.165) is 15.8 Å². The molecule has 8 nitrogen and oxygen atoms in total. The number of rotatable bonds is 7. The fourth-order valence-electron chi connectivity index (χ4n) is 4.31. The van der Waals surface area contributed by atoms with E-state index >= 15 is 0 Å². The van der Waals surface area contributed by atoms with Gasteiger partial charge in [-0.15, -0.1) is 0 Å². The van der Waals surface area contributed by atoms with Gasteiger partial charge in [-0.3, -0.25) is 9.59 Å². The first-order valence-electron chi connectivity index (χ1n) is 12.1. The molecule has 1 fully saturated rings. The molecule has 3 aromatic rings. The van der Waals surface area contributed by atoms with Gasteiger partial charge in [0.2, 0.25) is 10.0 Å². The first kappa shape index (κ1) is 26.2. The van der Waals surface area contributed by atoms with Gasteiger partial charge < -0.3 is 9.30 Å². The molecule has 1 aromatic heterocycles. The van der Waals surface area contributed by atoms with Crippen LogP contribution >= 0.6 is 11.3 Å². The third-order valence-corrected chi connectivity index (χ3v) is 9.21. The summed E-state index contributed by atoms with van der Waals surface area (Å²) in [5, 5.41) is 0. The Morgan fingerprint density at radius 3 is 2.61 bits per heavy atom. The van der Waals surface area contributed by atoms with Crippen molar-refractivity contribution in [2.24, 2.45) is 10.9 Å². The molecule has 0 aliphatic carbocycles. The van der Waals surface area contributed by atoms with Crippen molar-refractivity contribution >= 4 is 43.5 Å². The minimum absolute atomic E-state index is 0.0554. The molecule has 0 N–H and O–H groups in total. The topological polar surface area (TPSA) is 98.0 Å². The van der Waals surface area contributed by atoms with E-state index in [1.54, 1.807) is 41.8 Å². The zero-order valence-electron chi connectivity index (χ0n) is 20.7. The first-order valence-corrected chi connectivity index (χ1v) is 14.4. The van der Waals surface area contributed by atoms with Crippen molar-refractivity contribution < 1.29 is 22.7 Å². The van der Waals surface area contributed by atoms with Gasteiger partial charge in [0, 0.05) is 13.1 Å². The lowest BCUT2D eigenvalue weighted by Gasteiger charge is -2.30. The van der Waals surface area contributed by atoms with Gasteiger partial charge in [0.1, 0.15) is 6.54 Å². The van der Waals surface area contributed by atoms with Crippen molar-refractivity contribution in [2.45, 2.75) is 51.0 Å². The molecular formula is C26H31N3O5S2. The highest BCUT2D eigenvalue weighted by Crippen LogP contribution is 2.26. The highest BCUT2D eigenvalue weighted by atomic mass is 32.2. The molecule has 10 heteroatoms. The Kier molecular flexibility index (Phi) is 8.07. The molecule has 1 aliphatic rings. The number of nitrogens with zero attached hydrogens (tertiary/aromatic N) is 3. The number of esters is 1. The monoisotopic (exact) mass is 529 g/mol. The molecule has 0 saturated carbocycles. The van der Waals surface area contributed by atoms with Crippen LogP contribution < -0.4 is 4.80 Å². The summed E-state index contributed by atoms with van der Waals surface area (Å²) in [6.07, 6.45) is 1.13. The van der Waals surface area contributed by atoms with Crippen molar-refractivity contribution in [3.05, 3.63) is 58.9 Å². The van der Waals surface area contributed by atoms with Crippen molar-refractivity contribution in [2.75, 3.05) is 19.7 Å². The number of benzene rings is 2. The first-order chi connectivity index (χ1) is 17.2. The van der Waals surface area contributed by atoms with E-state index in [0.29, 0.717) is 30.1 Å². The average molecular weight is 530 g/mol. The summed E-state index contributed by atoms with van der Waals surface area (Å²) >= 11 is 1.35. The van der Waals surface area contributed by atoms with Crippen molar-refractivity contribution in [1.29, 1.82) is 0 Å². The van der Waals surface area contributed by atoms with E-state index in [1.807, 2.05) is 12.1 Å². The Morgan fingerprint density at radius 2 is 1.92 bits per heavy atom. The lowest BCUT2D eigenvalue weighted by atomic mass is 9.99. The third kappa shape index (κ3) is 5.61. The molecule has 192 valence electrons. The van der Waals surface area contributed by atoms with Crippen LogP contribution in [0.1, 0.15) is 45.1 Å². The van der Waals surface area contributed by atoms with E-state index in [-0.39, 0.29) is 30.5 Å². The molecule has 4 rings (SSSR count). The van der Waals surface area contributed by atoms with Gasteiger partial charge in [-0.2, -0.15) is 9.30 Å². The average Bonchev–Trinajstić information content (AvgIpc) is 3.20. The molecule has 1 atom stereocenters. The Morgan fingerprint density at radius 1 is 1.17 bits per heavy atom. The van der Waals surface area contributed by atoms with E-state index in [1.165, 1.54) is 15.6 Å². The Labute approximate surface area is 215 Å². The number of hydrogen-bond donors (Lipinski definition) is 0. The predicted octanol–water partition coefficient (Wildman–Crippen LogP) is 3.92. The normalized spacial score (nSPS) is 17.6. The van der Waals surface area contributed by atoms with Crippen molar-refractivity contribution in [3.8, 4) is 0 Å². The highest BCUT2D eigenvalue weighted by Gasteiger charge is 2.33. The summed E-state index contributed by atoms with van der Waals surface area (Å²) in [5.74, 6) is -1.01. The zero-order chi connectivity index (χ0) is 25.9. The molecule has 36 heavy (non-hydrogen) atoms. The summed E-state index contributed by atoms with van der Waals surface area (Å²) in [6.45, 7) is 6.61. The van der Waals surface area contributed by atoms with Crippen LogP contribution in [0, 0.1) is 5.92 Å². The summed E-state index contributed by atoms with van der Waals surface area (Å²) in [4.78, 5) is 30.6. The number of hydrogen-bond acceptors (Lipinski definition) is 6. The number of fused-ring (bicyclic) bond motifs is 1. The fourth-order valence-corrected chi connectivity index (χ4v) is 6.94. The summed E-state index contributed by atoms with van der Waals surface area (Å²) < 4.78 is 35.3. The van der Waals surface area contributed by atoms with Crippen LogP contribution in [0.25, 0.3) is 10.2 Å².